The van der Waals surface area contributed by atoms with Gasteiger partial charge in [0.05, 0.1) is 16.9 Å². The molecule has 6 nitrogen and oxygen atoms in total. The van der Waals surface area contributed by atoms with Crippen LogP contribution in [0.3, 0.4) is 0 Å². The molecule has 3 heterocycles. The van der Waals surface area contributed by atoms with Crippen LogP contribution in [0.15, 0.2) is 23.0 Å². The van der Waals surface area contributed by atoms with Crippen molar-refractivity contribution < 1.29 is 4.79 Å². The van der Waals surface area contributed by atoms with Crippen molar-refractivity contribution in [3.63, 3.8) is 0 Å². The lowest BCUT2D eigenvalue weighted by Crippen LogP contribution is -2.35. The Morgan fingerprint density at radius 3 is 2.87 bits per heavy atom. The molecule has 122 valence electrons. The van der Waals surface area contributed by atoms with Gasteiger partial charge in [-0.15, -0.1) is 16.4 Å². The van der Waals surface area contributed by atoms with Gasteiger partial charge in [-0.25, -0.2) is 4.98 Å². The number of amides is 1. The topological polar surface area (TPSA) is 62.2 Å². The molecule has 1 amide bonds. The Morgan fingerprint density at radius 1 is 1.22 bits per heavy atom. The van der Waals surface area contributed by atoms with E-state index in [2.05, 4.69) is 20.1 Å². The SMILES string of the molecule is Cc1ccc(N2CCCN(C(=O)CCc3cscn3)CC2)nn1. The molecule has 0 bridgehead atoms. The molecule has 0 N–H and O–H groups in total. The first-order valence-corrected chi connectivity index (χ1v) is 8.87. The Morgan fingerprint density at radius 2 is 2.13 bits per heavy atom. The van der Waals surface area contributed by atoms with Crippen LogP contribution < -0.4 is 4.90 Å². The average Bonchev–Trinajstić information content (AvgIpc) is 2.96. The second-order valence-corrected chi connectivity index (χ2v) is 6.45. The molecular formula is C16H21N5OS. The van der Waals surface area contributed by atoms with E-state index in [0.29, 0.717) is 6.42 Å². The van der Waals surface area contributed by atoms with Crippen molar-refractivity contribution in [3.05, 3.63) is 34.4 Å². The summed E-state index contributed by atoms with van der Waals surface area (Å²) in [6, 6.07) is 3.98. The second-order valence-electron chi connectivity index (χ2n) is 5.73. The van der Waals surface area contributed by atoms with Crippen molar-refractivity contribution >= 4 is 23.1 Å². The molecule has 0 aromatic carbocycles. The summed E-state index contributed by atoms with van der Waals surface area (Å²) in [6.07, 6.45) is 2.22. The molecule has 0 atom stereocenters. The van der Waals surface area contributed by atoms with Crippen LogP contribution >= 0.6 is 11.3 Å². The van der Waals surface area contributed by atoms with Crippen molar-refractivity contribution in [2.75, 3.05) is 31.1 Å². The first-order chi connectivity index (χ1) is 11.2. The van der Waals surface area contributed by atoms with Gasteiger partial charge < -0.3 is 9.80 Å². The van der Waals surface area contributed by atoms with E-state index in [1.54, 1.807) is 11.3 Å². The zero-order valence-corrected chi connectivity index (χ0v) is 14.1. The Hall–Kier alpha value is -2.02. The fourth-order valence-electron chi connectivity index (χ4n) is 2.71. The molecular weight excluding hydrogens is 310 g/mol. The average molecular weight is 331 g/mol. The highest BCUT2D eigenvalue weighted by Gasteiger charge is 2.20. The van der Waals surface area contributed by atoms with Gasteiger partial charge in [-0.2, -0.15) is 5.10 Å². The molecule has 2 aromatic heterocycles. The Labute approximate surface area is 140 Å². The van der Waals surface area contributed by atoms with E-state index in [-0.39, 0.29) is 5.91 Å². The first-order valence-electron chi connectivity index (χ1n) is 7.92. The maximum absolute atomic E-state index is 12.4. The van der Waals surface area contributed by atoms with Crippen LogP contribution in [0.1, 0.15) is 24.2 Å². The number of aromatic nitrogens is 3. The van der Waals surface area contributed by atoms with E-state index in [4.69, 9.17) is 0 Å². The lowest BCUT2D eigenvalue weighted by atomic mass is 10.2. The quantitative estimate of drug-likeness (QED) is 0.856. The van der Waals surface area contributed by atoms with Crippen LogP contribution in [0.5, 0.6) is 0 Å². The summed E-state index contributed by atoms with van der Waals surface area (Å²) < 4.78 is 0. The summed E-state index contributed by atoms with van der Waals surface area (Å²) in [5, 5.41) is 10.4. The second kappa shape index (κ2) is 7.50. The molecule has 0 aliphatic carbocycles. The fraction of sp³-hybridized carbons (Fsp3) is 0.500. The molecule has 1 fully saturated rings. The van der Waals surface area contributed by atoms with Crippen molar-refractivity contribution in [2.45, 2.75) is 26.2 Å². The third-order valence-corrected chi connectivity index (χ3v) is 4.67. The van der Waals surface area contributed by atoms with Crippen LogP contribution in [0, 0.1) is 6.92 Å². The van der Waals surface area contributed by atoms with Crippen molar-refractivity contribution in [1.82, 2.24) is 20.1 Å². The van der Waals surface area contributed by atoms with Gasteiger partial charge >= 0.3 is 0 Å². The lowest BCUT2D eigenvalue weighted by Gasteiger charge is -2.22. The highest BCUT2D eigenvalue weighted by Crippen LogP contribution is 2.14. The largest absolute Gasteiger partial charge is 0.353 e. The Bertz CT molecular complexity index is 628. The summed E-state index contributed by atoms with van der Waals surface area (Å²) in [7, 11) is 0. The van der Waals surface area contributed by atoms with E-state index in [1.165, 1.54) is 0 Å². The smallest absolute Gasteiger partial charge is 0.223 e. The molecule has 0 spiro atoms. The first kappa shape index (κ1) is 15.9. The van der Waals surface area contributed by atoms with Crippen molar-refractivity contribution in [3.8, 4) is 0 Å². The fourth-order valence-corrected chi connectivity index (χ4v) is 3.30. The maximum atomic E-state index is 12.4. The molecule has 0 radical (unpaired) electrons. The zero-order chi connectivity index (χ0) is 16.1. The summed E-state index contributed by atoms with van der Waals surface area (Å²) >= 11 is 1.57. The van der Waals surface area contributed by atoms with Crippen LogP contribution in [0.2, 0.25) is 0 Å². The van der Waals surface area contributed by atoms with Crippen LogP contribution in [-0.2, 0) is 11.2 Å². The standard InChI is InChI=1S/C16H21N5OS/c1-13-3-5-15(19-18-13)20-7-2-8-21(10-9-20)16(22)6-4-14-11-23-12-17-14/h3,5,11-12H,2,4,6-10H2,1H3. The number of aryl methyl sites for hydroxylation is 2. The maximum Gasteiger partial charge on any atom is 0.223 e. The molecule has 0 unspecified atom stereocenters. The van der Waals surface area contributed by atoms with E-state index in [9.17, 15) is 4.79 Å². The number of carbonyl (C=O) groups is 1. The van der Waals surface area contributed by atoms with Gasteiger partial charge in [0.25, 0.3) is 0 Å². The van der Waals surface area contributed by atoms with Gasteiger partial charge in [0.2, 0.25) is 5.91 Å². The third kappa shape index (κ3) is 4.25. The summed E-state index contributed by atoms with van der Waals surface area (Å²) in [5.74, 6) is 1.11. The number of carbonyl (C=O) groups excluding carboxylic acids is 1. The van der Waals surface area contributed by atoms with Gasteiger partial charge in [-0.1, -0.05) is 0 Å². The molecule has 2 aromatic rings. The monoisotopic (exact) mass is 331 g/mol. The summed E-state index contributed by atoms with van der Waals surface area (Å²) in [4.78, 5) is 20.8. The number of hydrogen-bond acceptors (Lipinski definition) is 6. The molecule has 1 aliphatic rings. The number of nitrogens with zero attached hydrogens (tertiary/aromatic N) is 5. The molecule has 1 aliphatic heterocycles. The predicted molar refractivity (Wildman–Crippen MR) is 90.6 cm³/mol. The Kier molecular flexibility index (Phi) is 5.17. The lowest BCUT2D eigenvalue weighted by molar-refractivity contribution is -0.130. The summed E-state index contributed by atoms with van der Waals surface area (Å²) in [6.45, 7) is 5.20. The van der Waals surface area contributed by atoms with E-state index in [1.807, 2.05) is 34.8 Å². The minimum atomic E-state index is 0.217. The van der Waals surface area contributed by atoms with Gasteiger partial charge in [0, 0.05) is 38.0 Å². The molecule has 7 heteroatoms. The number of thiazole rings is 1. The molecule has 23 heavy (non-hydrogen) atoms. The van der Waals surface area contributed by atoms with Crippen molar-refractivity contribution in [2.24, 2.45) is 0 Å². The van der Waals surface area contributed by atoms with Gasteiger partial charge in [-0.05, 0) is 31.9 Å². The van der Waals surface area contributed by atoms with E-state index in [0.717, 1.165) is 56.2 Å². The van der Waals surface area contributed by atoms with E-state index < -0.39 is 0 Å². The highest BCUT2D eigenvalue weighted by atomic mass is 32.1. The van der Waals surface area contributed by atoms with Crippen LogP contribution in [-0.4, -0.2) is 52.2 Å². The van der Waals surface area contributed by atoms with E-state index >= 15 is 0 Å². The minimum Gasteiger partial charge on any atom is -0.353 e. The normalized spacial score (nSPS) is 15.5. The minimum absolute atomic E-state index is 0.217. The highest BCUT2D eigenvalue weighted by molar-refractivity contribution is 7.07. The molecule has 1 saturated heterocycles. The Balaban J connectivity index is 1.53. The van der Waals surface area contributed by atoms with Gasteiger partial charge in [0.15, 0.2) is 5.82 Å². The molecule has 3 rings (SSSR count). The zero-order valence-electron chi connectivity index (χ0n) is 13.3. The molecule has 0 saturated carbocycles. The van der Waals surface area contributed by atoms with Gasteiger partial charge in [0.1, 0.15) is 0 Å². The number of anilines is 1. The summed E-state index contributed by atoms with van der Waals surface area (Å²) in [5.41, 5.74) is 3.74. The van der Waals surface area contributed by atoms with Crippen molar-refractivity contribution in [1.29, 1.82) is 0 Å². The third-order valence-electron chi connectivity index (χ3n) is 4.03. The van der Waals surface area contributed by atoms with Crippen LogP contribution in [0.4, 0.5) is 5.82 Å². The number of rotatable bonds is 4. The van der Waals surface area contributed by atoms with Gasteiger partial charge in [-0.3, -0.25) is 4.79 Å². The van der Waals surface area contributed by atoms with Crippen LogP contribution in [0.25, 0.3) is 0 Å². The predicted octanol–water partition coefficient (Wildman–Crippen LogP) is 1.91. The number of hydrogen-bond donors (Lipinski definition) is 0.